The predicted octanol–water partition coefficient (Wildman–Crippen LogP) is 4.25. The lowest BCUT2D eigenvalue weighted by Crippen LogP contribution is -2.50. The maximum Gasteiger partial charge on any atom is 0.173 e. The summed E-state index contributed by atoms with van der Waals surface area (Å²) in [5.74, 6) is 0.304. The second kappa shape index (κ2) is 8.90. The molecular weight excluding hydrogens is 342 g/mol. The Balaban J connectivity index is 1.49. The van der Waals surface area contributed by atoms with Crippen LogP contribution in [0.25, 0.3) is 0 Å². The standard InChI is InChI=1S/C21H27N3OS/c1-2-3-4-17-5-7-18(8-6-17)22-21(26)24-15-13-23(14-16-24)19-9-11-20(25)12-10-19/h5-12,25H,2-4,13-16H2,1H3,(H,22,26). The molecule has 1 heterocycles. The lowest BCUT2D eigenvalue weighted by molar-refractivity contribution is 0.391. The van der Waals surface area contributed by atoms with E-state index in [9.17, 15) is 5.11 Å². The van der Waals surface area contributed by atoms with Gasteiger partial charge < -0.3 is 20.2 Å². The van der Waals surface area contributed by atoms with Gasteiger partial charge in [0.2, 0.25) is 0 Å². The fourth-order valence-corrected chi connectivity index (χ4v) is 3.47. The fourth-order valence-electron chi connectivity index (χ4n) is 3.17. The number of aromatic hydroxyl groups is 1. The highest BCUT2D eigenvalue weighted by atomic mass is 32.1. The second-order valence-corrected chi connectivity index (χ2v) is 7.11. The molecule has 2 aromatic carbocycles. The number of piperazine rings is 1. The molecular formula is C21H27N3OS. The van der Waals surface area contributed by atoms with E-state index in [1.54, 1.807) is 12.1 Å². The number of phenols is 1. The number of hydrogen-bond acceptors (Lipinski definition) is 3. The number of rotatable bonds is 5. The van der Waals surface area contributed by atoms with E-state index in [-0.39, 0.29) is 0 Å². The van der Waals surface area contributed by atoms with Crippen molar-refractivity contribution < 1.29 is 5.11 Å². The molecule has 0 spiro atoms. The largest absolute Gasteiger partial charge is 0.508 e. The monoisotopic (exact) mass is 369 g/mol. The van der Waals surface area contributed by atoms with Crippen molar-refractivity contribution in [3.63, 3.8) is 0 Å². The number of phenolic OH excluding ortho intramolecular Hbond substituents is 1. The van der Waals surface area contributed by atoms with Gasteiger partial charge in [-0.2, -0.15) is 0 Å². The summed E-state index contributed by atoms with van der Waals surface area (Å²) in [5.41, 5.74) is 3.58. The Hall–Kier alpha value is -2.27. The molecule has 1 aliphatic heterocycles. The number of nitrogens with one attached hydrogen (secondary N) is 1. The number of anilines is 2. The average molecular weight is 370 g/mol. The first kappa shape index (κ1) is 18.5. The molecule has 0 amide bonds. The van der Waals surface area contributed by atoms with Crippen molar-refractivity contribution in [1.82, 2.24) is 4.90 Å². The average Bonchev–Trinajstić information content (AvgIpc) is 2.68. The first-order valence-corrected chi connectivity index (χ1v) is 9.75. The van der Waals surface area contributed by atoms with Crippen LogP contribution in [0.1, 0.15) is 25.3 Å². The number of nitrogens with zero attached hydrogens (tertiary/aromatic N) is 2. The topological polar surface area (TPSA) is 38.7 Å². The van der Waals surface area contributed by atoms with E-state index >= 15 is 0 Å². The van der Waals surface area contributed by atoms with Crippen LogP contribution in [-0.2, 0) is 6.42 Å². The van der Waals surface area contributed by atoms with E-state index in [4.69, 9.17) is 12.2 Å². The molecule has 1 fully saturated rings. The highest BCUT2D eigenvalue weighted by Crippen LogP contribution is 2.20. The van der Waals surface area contributed by atoms with Crippen molar-refractivity contribution in [2.45, 2.75) is 26.2 Å². The van der Waals surface area contributed by atoms with E-state index in [0.717, 1.165) is 49.1 Å². The maximum absolute atomic E-state index is 9.42. The zero-order chi connectivity index (χ0) is 18.4. The Morgan fingerprint density at radius 1 is 1.00 bits per heavy atom. The second-order valence-electron chi connectivity index (χ2n) is 6.72. The van der Waals surface area contributed by atoms with Crippen LogP contribution < -0.4 is 10.2 Å². The van der Waals surface area contributed by atoms with E-state index in [1.165, 1.54) is 18.4 Å². The summed E-state index contributed by atoms with van der Waals surface area (Å²) in [5, 5.41) is 13.6. The first-order valence-electron chi connectivity index (χ1n) is 9.34. The summed E-state index contributed by atoms with van der Waals surface area (Å²) in [6.45, 7) is 5.84. The highest BCUT2D eigenvalue weighted by Gasteiger charge is 2.19. The van der Waals surface area contributed by atoms with E-state index < -0.39 is 0 Å². The van der Waals surface area contributed by atoms with Gasteiger partial charge in [0.1, 0.15) is 5.75 Å². The minimum absolute atomic E-state index is 0.304. The quantitative estimate of drug-likeness (QED) is 0.771. The van der Waals surface area contributed by atoms with E-state index in [0.29, 0.717) is 5.75 Å². The van der Waals surface area contributed by atoms with Crippen LogP contribution in [0, 0.1) is 0 Å². The van der Waals surface area contributed by atoms with Crippen molar-refractivity contribution in [3.8, 4) is 5.75 Å². The third-order valence-electron chi connectivity index (χ3n) is 4.81. The molecule has 0 unspecified atom stereocenters. The summed E-state index contributed by atoms with van der Waals surface area (Å²) in [6.07, 6.45) is 3.59. The van der Waals surface area contributed by atoms with Gasteiger partial charge in [-0.25, -0.2) is 0 Å². The van der Waals surface area contributed by atoms with Crippen LogP contribution in [0.4, 0.5) is 11.4 Å². The molecule has 4 nitrogen and oxygen atoms in total. The van der Waals surface area contributed by atoms with Gasteiger partial charge in [-0.15, -0.1) is 0 Å². The number of unbranched alkanes of at least 4 members (excludes halogenated alkanes) is 1. The highest BCUT2D eigenvalue weighted by molar-refractivity contribution is 7.80. The molecule has 26 heavy (non-hydrogen) atoms. The molecule has 2 aromatic rings. The maximum atomic E-state index is 9.42. The summed E-state index contributed by atoms with van der Waals surface area (Å²) >= 11 is 5.59. The molecule has 1 saturated heterocycles. The van der Waals surface area contributed by atoms with Crippen LogP contribution in [0.15, 0.2) is 48.5 Å². The Morgan fingerprint density at radius 2 is 1.65 bits per heavy atom. The number of hydrogen-bond donors (Lipinski definition) is 2. The lowest BCUT2D eigenvalue weighted by Gasteiger charge is -2.37. The van der Waals surface area contributed by atoms with Gasteiger partial charge in [-0.1, -0.05) is 25.5 Å². The normalized spacial score (nSPS) is 14.3. The molecule has 0 saturated carbocycles. The molecule has 0 atom stereocenters. The van der Waals surface area contributed by atoms with Crippen molar-refractivity contribution in [3.05, 3.63) is 54.1 Å². The Bertz CT molecular complexity index is 707. The number of benzene rings is 2. The van der Waals surface area contributed by atoms with Gasteiger partial charge in [0.05, 0.1) is 0 Å². The third-order valence-corrected chi connectivity index (χ3v) is 5.17. The van der Waals surface area contributed by atoms with Crippen molar-refractivity contribution in [2.75, 3.05) is 36.4 Å². The fraction of sp³-hybridized carbons (Fsp3) is 0.381. The Morgan fingerprint density at radius 3 is 2.27 bits per heavy atom. The van der Waals surface area contributed by atoms with Crippen LogP contribution in [-0.4, -0.2) is 41.3 Å². The molecule has 0 radical (unpaired) electrons. The number of thiocarbonyl (C=S) groups is 1. The minimum atomic E-state index is 0.304. The van der Waals surface area contributed by atoms with E-state index in [1.807, 2.05) is 12.1 Å². The summed E-state index contributed by atoms with van der Waals surface area (Å²) in [4.78, 5) is 4.54. The van der Waals surface area contributed by atoms with Crippen molar-refractivity contribution in [2.24, 2.45) is 0 Å². The van der Waals surface area contributed by atoms with Gasteiger partial charge >= 0.3 is 0 Å². The molecule has 0 aliphatic carbocycles. The molecule has 0 bridgehead atoms. The summed E-state index contributed by atoms with van der Waals surface area (Å²) < 4.78 is 0. The van der Waals surface area contributed by atoms with Crippen LogP contribution in [0.3, 0.4) is 0 Å². The molecule has 3 rings (SSSR count). The third kappa shape index (κ3) is 4.88. The lowest BCUT2D eigenvalue weighted by atomic mass is 10.1. The van der Waals surface area contributed by atoms with Crippen LogP contribution in [0.5, 0.6) is 5.75 Å². The number of aryl methyl sites for hydroxylation is 1. The zero-order valence-electron chi connectivity index (χ0n) is 15.3. The minimum Gasteiger partial charge on any atom is -0.508 e. The van der Waals surface area contributed by atoms with Crippen LogP contribution in [0.2, 0.25) is 0 Å². The van der Waals surface area contributed by atoms with Gasteiger partial charge in [0, 0.05) is 37.6 Å². The van der Waals surface area contributed by atoms with Crippen molar-refractivity contribution >= 4 is 28.7 Å². The summed E-state index contributed by atoms with van der Waals surface area (Å²) in [7, 11) is 0. The van der Waals surface area contributed by atoms with Crippen LogP contribution >= 0.6 is 12.2 Å². The summed E-state index contributed by atoms with van der Waals surface area (Å²) in [6, 6.07) is 16.0. The van der Waals surface area contributed by atoms with Crippen molar-refractivity contribution in [1.29, 1.82) is 0 Å². The molecule has 1 aliphatic rings. The smallest absolute Gasteiger partial charge is 0.173 e. The Labute approximate surface area is 161 Å². The van der Waals surface area contributed by atoms with Gasteiger partial charge in [0.15, 0.2) is 5.11 Å². The van der Waals surface area contributed by atoms with Gasteiger partial charge in [-0.05, 0) is 67.0 Å². The predicted molar refractivity (Wildman–Crippen MR) is 113 cm³/mol. The molecule has 5 heteroatoms. The van der Waals surface area contributed by atoms with Gasteiger partial charge in [-0.3, -0.25) is 0 Å². The molecule has 0 aromatic heterocycles. The van der Waals surface area contributed by atoms with E-state index in [2.05, 4.69) is 46.3 Å². The molecule has 138 valence electrons. The zero-order valence-corrected chi connectivity index (χ0v) is 16.1. The Kier molecular flexibility index (Phi) is 6.34. The molecule has 2 N–H and O–H groups in total. The first-order chi connectivity index (χ1) is 12.7. The SMILES string of the molecule is CCCCc1ccc(NC(=S)N2CCN(c3ccc(O)cc3)CC2)cc1. The van der Waals surface area contributed by atoms with Gasteiger partial charge in [0.25, 0.3) is 0 Å².